The van der Waals surface area contributed by atoms with Gasteiger partial charge < -0.3 is 15.5 Å². The Bertz CT molecular complexity index is 499. The Morgan fingerprint density at radius 2 is 2.05 bits per heavy atom. The lowest BCUT2D eigenvalue weighted by atomic mass is 9.99. The molecular formula is C17H25N3O. The summed E-state index contributed by atoms with van der Waals surface area (Å²) in [5.74, 6) is 0.139. The molecule has 1 aliphatic heterocycles. The number of piperidine rings is 1. The van der Waals surface area contributed by atoms with Gasteiger partial charge in [0.25, 0.3) is 0 Å². The zero-order chi connectivity index (χ0) is 14.7. The highest BCUT2D eigenvalue weighted by molar-refractivity contribution is 5.85. The fraction of sp³-hybridized carbons (Fsp3) is 0.588. The summed E-state index contributed by atoms with van der Waals surface area (Å²) < 4.78 is 0. The molecule has 0 radical (unpaired) electrons. The van der Waals surface area contributed by atoms with Crippen LogP contribution in [0.4, 0.5) is 5.69 Å². The van der Waals surface area contributed by atoms with Crippen molar-refractivity contribution in [1.29, 1.82) is 0 Å². The van der Waals surface area contributed by atoms with Crippen LogP contribution in [-0.4, -0.2) is 31.6 Å². The molecule has 1 heterocycles. The lowest BCUT2D eigenvalue weighted by molar-refractivity contribution is -0.122. The summed E-state index contributed by atoms with van der Waals surface area (Å²) in [6.45, 7) is 1.87. The summed E-state index contributed by atoms with van der Waals surface area (Å²) in [6, 6.07) is 9.18. The Balaban J connectivity index is 1.80. The molecule has 1 saturated carbocycles. The van der Waals surface area contributed by atoms with Crippen LogP contribution in [0.15, 0.2) is 24.3 Å². The van der Waals surface area contributed by atoms with E-state index in [1.807, 2.05) is 0 Å². The van der Waals surface area contributed by atoms with E-state index in [1.54, 1.807) is 7.05 Å². The van der Waals surface area contributed by atoms with Gasteiger partial charge in [0.1, 0.15) is 6.04 Å². The SMILES string of the molecule is CNC(=O)C1CCCCN1c1ccccc1CNC1CC1. The third-order valence-corrected chi connectivity index (χ3v) is 4.51. The summed E-state index contributed by atoms with van der Waals surface area (Å²) in [5, 5.41) is 6.40. The number of amides is 1. The summed E-state index contributed by atoms with van der Waals surface area (Å²) in [5.41, 5.74) is 2.53. The quantitative estimate of drug-likeness (QED) is 0.871. The van der Waals surface area contributed by atoms with Crippen LogP contribution in [0.5, 0.6) is 0 Å². The Labute approximate surface area is 126 Å². The number of hydrogen-bond acceptors (Lipinski definition) is 3. The Hall–Kier alpha value is -1.55. The van der Waals surface area contributed by atoms with Gasteiger partial charge in [0.15, 0.2) is 0 Å². The molecular weight excluding hydrogens is 262 g/mol. The van der Waals surface area contributed by atoms with E-state index in [2.05, 4.69) is 39.8 Å². The molecule has 0 bridgehead atoms. The zero-order valence-corrected chi connectivity index (χ0v) is 12.8. The molecule has 1 atom stereocenters. The molecule has 114 valence electrons. The highest BCUT2D eigenvalue weighted by Gasteiger charge is 2.29. The molecule has 1 aliphatic carbocycles. The minimum absolute atomic E-state index is 0.0224. The molecule has 2 N–H and O–H groups in total. The smallest absolute Gasteiger partial charge is 0.242 e. The molecule has 1 aromatic rings. The van der Waals surface area contributed by atoms with E-state index in [0.717, 1.165) is 32.4 Å². The Kier molecular flexibility index (Phi) is 4.44. The van der Waals surface area contributed by atoms with Gasteiger partial charge in [-0.2, -0.15) is 0 Å². The lowest BCUT2D eigenvalue weighted by Gasteiger charge is -2.37. The Morgan fingerprint density at radius 3 is 2.81 bits per heavy atom. The van der Waals surface area contributed by atoms with E-state index in [-0.39, 0.29) is 11.9 Å². The van der Waals surface area contributed by atoms with Gasteiger partial charge in [-0.05, 0) is 43.7 Å². The molecule has 0 spiro atoms. The van der Waals surface area contributed by atoms with Crippen LogP contribution in [0, 0.1) is 0 Å². The minimum Gasteiger partial charge on any atom is -0.359 e. The molecule has 2 fully saturated rings. The maximum absolute atomic E-state index is 12.2. The van der Waals surface area contributed by atoms with Gasteiger partial charge in [-0.25, -0.2) is 0 Å². The summed E-state index contributed by atoms with van der Waals surface area (Å²) in [6.07, 6.45) is 5.85. The number of benzene rings is 1. The van der Waals surface area contributed by atoms with Gasteiger partial charge in [0.05, 0.1) is 0 Å². The molecule has 1 saturated heterocycles. The van der Waals surface area contributed by atoms with E-state index in [1.165, 1.54) is 24.1 Å². The van der Waals surface area contributed by atoms with Crippen molar-refractivity contribution >= 4 is 11.6 Å². The molecule has 4 nitrogen and oxygen atoms in total. The van der Waals surface area contributed by atoms with Crippen molar-refractivity contribution in [2.24, 2.45) is 0 Å². The second-order valence-electron chi connectivity index (χ2n) is 6.10. The zero-order valence-electron chi connectivity index (χ0n) is 12.8. The number of carbonyl (C=O) groups excluding carboxylic acids is 1. The van der Waals surface area contributed by atoms with Crippen molar-refractivity contribution in [3.05, 3.63) is 29.8 Å². The van der Waals surface area contributed by atoms with Crippen molar-refractivity contribution in [2.45, 2.75) is 50.7 Å². The molecule has 1 aromatic carbocycles. The van der Waals surface area contributed by atoms with Gasteiger partial charge in [0, 0.05) is 31.9 Å². The number of para-hydroxylation sites is 1. The first kappa shape index (κ1) is 14.4. The van der Waals surface area contributed by atoms with Gasteiger partial charge in [-0.1, -0.05) is 18.2 Å². The van der Waals surface area contributed by atoms with Crippen LogP contribution in [0.1, 0.15) is 37.7 Å². The van der Waals surface area contributed by atoms with Gasteiger partial charge in [-0.3, -0.25) is 4.79 Å². The maximum Gasteiger partial charge on any atom is 0.242 e. The average molecular weight is 287 g/mol. The van der Waals surface area contributed by atoms with Crippen molar-refractivity contribution in [3.63, 3.8) is 0 Å². The third kappa shape index (κ3) is 3.38. The van der Waals surface area contributed by atoms with E-state index >= 15 is 0 Å². The van der Waals surface area contributed by atoms with Crippen LogP contribution in [0.2, 0.25) is 0 Å². The summed E-state index contributed by atoms with van der Waals surface area (Å²) in [4.78, 5) is 14.5. The van der Waals surface area contributed by atoms with Crippen molar-refractivity contribution in [3.8, 4) is 0 Å². The topological polar surface area (TPSA) is 44.4 Å². The van der Waals surface area contributed by atoms with Crippen LogP contribution in [-0.2, 0) is 11.3 Å². The number of hydrogen-bond donors (Lipinski definition) is 2. The highest BCUT2D eigenvalue weighted by Crippen LogP contribution is 2.29. The first-order valence-corrected chi connectivity index (χ1v) is 8.09. The highest BCUT2D eigenvalue weighted by atomic mass is 16.2. The van der Waals surface area contributed by atoms with Crippen molar-refractivity contribution in [2.75, 3.05) is 18.5 Å². The first-order valence-electron chi connectivity index (χ1n) is 8.09. The van der Waals surface area contributed by atoms with Crippen molar-refractivity contribution < 1.29 is 4.79 Å². The summed E-state index contributed by atoms with van der Waals surface area (Å²) in [7, 11) is 1.73. The average Bonchev–Trinajstić information content (AvgIpc) is 3.37. The predicted octanol–water partition coefficient (Wildman–Crippen LogP) is 2.04. The van der Waals surface area contributed by atoms with E-state index in [0.29, 0.717) is 6.04 Å². The van der Waals surface area contributed by atoms with Gasteiger partial charge in [0.2, 0.25) is 5.91 Å². The number of likely N-dealkylation sites (N-methyl/N-ethyl adjacent to an activating group) is 1. The van der Waals surface area contributed by atoms with E-state index < -0.39 is 0 Å². The summed E-state index contributed by atoms with van der Waals surface area (Å²) >= 11 is 0. The molecule has 21 heavy (non-hydrogen) atoms. The molecule has 1 unspecified atom stereocenters. The Morgan fingerprint density at radius 1 is 1.24 bits per heavy atom. The third-order valence-electron chi connectivity index (χ3n) is 4.51. The van der Waals surface area contributed by atoms with Crippen LogP contribution < -0.4 is 15.5 Å². The lowest BCUT2D eigenvalue weighted by Crippen LogP contribution is -2.49. The largest absolute Gasteiger partial charge is 0.359 e. The maximum atomic E-state index is 12.2. The van der Waals surface area contributed by atoms with Gasteiger partial charge >= 0.3 is 0 Å². The number of rotatable bonds is 5. The van der Waals surface area contributed by atoms with Crippen LogP contribution in [0.3, 0.4) is 0 Å². The number of nitrogens with one attached hydrogen (secondary N) is 2. The van der Waals surface area contributed by atoms with Crippen LogP contribution >= 0.6 is 0 Å². The fourth-order valence-corrected chi connectivity index (χ4v) is 3.14. The predicted molar refractivity (Wildman–Crippen MR) is 85.4 cm³/mol. The van der Waals surface area contributed by atoms with Gasteiger partial charge in [-0.15, -0.1) is 0 Å². The normalized spacial score (nSPS) is 22.1. The molecule has 0 aromatic heterocycles. The van der Waals surface area contributed by atoms with Crippen molar-refractivity contribution in [1.82, 2.24) is 10.6 Å². The molecule has 4 heteroatoms. The first-order chi connectivity index (χ1) is 10.3. The van der Waals surface area contributed by atoms with Crippen LogP contribution in [0.25, 0.3) is 0 Å². The molecule has 1 amide bonds. The van der Waals surface area contributed by atoms with E-state index in [4.69, 9.17) is 0 Å². The second kappa shape index (κ2) is 6.48. The minimum atomic E-state index is -0.0224. The fourth-order valence-electron chi connectivity index (χ4n) is 3.14. The molecule has 2 aliphatic rings. The second-order valence-corrected chi connectivity index (χ2v) is 6.10. The number of carbonyl (C=O) groups is 1. The number of nitrogens with zero attached hydrogens (tertiary/aromatic N) is 1. The molecule has 3 rings (SSSR count). The number of anilines is 1. The monoisotopic (exact) mass is 287 g/mol. The standard InChI is InChI=1S/C17H25N3O/c1-18-17(21)16-8-4-5-11-20(16)15-7-3-2-6-13(15)12-19-14-9-10-14/h2-3,6-7,14,16,19H,4-5,8-12H2,1H3,(H,18,21). The van der Waals surface area contributed by atoms with E-state index in [9.17, 15) is 4.79 Å².